The van der Waals surface area contributed by atoms with E-state index >= 15 is 0 Å². The number of unbranched alkanes of at least 4 members (excludes halogenated alkanes) is 14. The second-order valence-electron chi connectivity index (χ2n) is 12.6. The zero-order valence-corrected chi connectivity index (χ0v) is 25.3. The Labute approximate surface area is 230 Å². The number of esters is 2. The largest absolute Gasteiger partial charge is 0.465 e. The van der Waals surface area contributed by atoms with Gasteiger partial charge < -0.3 is 9.47 Å². The van der Waals surface area contributed by atoms with Crippen LogP contribution in [0.3, 0.4) is 0 Å². The maximum Gasteiger partial charge on any atom is 0.323 e. The predicted octanol–water partition coefficient (Wildman–Crippen LogP) is 9.97. The SMILES string of the molecule is CC(C)CCCCCCCCCCOC(=O)C1(C(=O)OCCCCCCCCCCC(C)C)CCCC1. The van der Waals surface area contributed by atoms with Gasteiger partial charge in [0.05, 0.1) is 13.2 Å². The molecule has 4 heteroatoms. The molecule has 0 aromatic carbocycles. The van der Waals surface area contributed by atoms with Crippen LogP contribution in [0.25, 0.3) is 0 Å². The molecule has 0 aromatic rings. The molecule has 0 aromatic heterocycles. The van der Waals surface area contributed by atoms with Crippen LogP contribution < -0.4 is 0 Å². The lowest BCUT2D eigenvalue weighted by Crippen LogP contribution is -2.40. The lowest BCUT2D eigenvalue weighted by Gasteiger charge is -2.24. The molecule has 0 N–H and O–H groups in total. The highest BCUT2D eigenvalue weighted by Crippen LogP contribution is 2.40. The summed E-state index contributed by atoms with van der Waals surface area (Å²) in [6.45, 7) is 10.0. The highest BCUT2D eigenvalue weighted by molar-refractivity contribution is 6.00. The van der Waals surface area contributed by atoms with Gasteiger partial charge in [0.2, 0.25) is 0 Å². The summed E-state index contributed by atoms with van der Waals surface area (Å²) in [5.41, 5.74) is -1.04. The summed E-state index contributed by atoms with van der Waals surface area (Å²) in [5.74, 6) is 0.971. The molecule has 218 valence electrons. The molecule has 0 bridgehead atoms. The lowest BCUT2D eigenvalue weighted by molar-refractivity contribution is -0.172. The monoisotopic (exact) mass is 522 g/mol. The number of carbonyl (C=O) groups excluding carboxylic acids is 2. The molecule has 0 spiro atoms. The average molecular weight is 523 g/mol. The Balaban J connectivity index is 2.09. The number of carbonyl (C=O) groups is 2. The van der Waals surface area contributed by atoms with Crippen molar-refractivity contribution in [3.63, 3.8) is 0 Å². The standard InChI is InChI=1S/C33H62O4/c1-29(2)23-17-13-9-5-7-11-15-21-27-36-31(34)33(25-19-20-26-33)32(35)37-28-22-16-12-8-6-10-14-18-24-30(3)4/h29-30H,5-28H2,1-4H3. The van der Waals surface area contributed by atoms with Gasteiger partial charge in [-0.3, -0.25) is 9.59 Å². The van der Waals surface area contributed by atoms with Crippen molar-refractivity contribution in [2.45, 2.75) is 169 Å². The Morgan fingerprint density at radius 1 is 0.514 bits per heavy atom. The maximum atomic E-state index is 12.9. The van der Waals surface area contributed by atoms with Crippen molar-refractivity contribution in [2.24, 2.45) is 17.3 Å². The fourth-order valence-corrected chi connectivity index (χ4v) is 5.51. The summed E-state index contributed by atoms with van der Waals surface area (Å²) in [6, 6.07) is 0. The Morgan fingerprint density at radius 2 is 0.811 bits per heavy atom. The van der Waals surface area contributed by atoms with Crippen LogP contribution in [-0.4, -0.2) is 25.2 Å². The lowest BCUT2D eigenvalue weighted by atomic mass is 9.86. The van der Waals surface area contributed by atoms with Crippen molar-refractivity contribution >= 4 is 11.9 Å². The quantitative estimate of drug-likeness (QED) is 0.0719. The van der Waals surface area contributed by atoms with Crippen molar-refractivity contribution < 1.29 is 19.1 Å². The number of ether oxygens (including phenoxy) is 2. The summed E-state index contributed by atoms with van der Waals surface area (Å²) >= 11 is 0. The zero-order chi connectivity index (χ0) is 27.2. The third-order valence-corrected chi connectivity index (χ3v) is 8.06. The summed E-state index contributed by atoms with van der Waals surface area (Å²) < 4.78 is 11.2. The summed E-state index contributed by atoms with van der Waals surface area (Å²) in [5, 5.41) is 0. The van der Waals surface area contributed by atoms with E-state index in [0.29, 0.717) is 26.1 Å². The minimum atomic E-state index is -1.04. The van der Waals surface area contributed by atoms with Crippen molar-refractivity contribution in [3.8, 4) is 0 Å². The molecule has 37 heavy (non-hydrogen) atoms. The fraction of sp³-hybridized carbons (Fsp3) is 0.939. The molecule has 0 saturated heterocycles. The Kier molecular flexibility index (Phi) is 20.0. The van der Waals surface area contributed by atoms with Gasteiger partial charge in [-0.1, -0.05) is 143 Å². The highest BCUT2D eigenvalue weighted by atomic mass is 16.6. The van der Waals surface area contributed by atoms with E-state index in [9.17, 15) is 9.59 Å². The molecule has 0 unspecified atom stereocenters. The van der Waals surface area contributed by atoms with Gasteiger partial charge >= 0.3 is 11.9 Å². The molecule has 0 amide bonds. The van der Waals surface area contributed by atoms with E-state index in [0.717, 1.165) is 50.4 Å². The van der Waals surface area contributed by atoms with E-state index in [1.165, 1.54) is 89.9 Å². The molecule has 0 heterocycles. The fourth-order valence-electron chi connectivity index (χ4n) is 5.51. The number of rotatable bonds is 24. The van der Waals surface area contributed by atoms with Crippen LogP contribution in [0.2, 0.25) is 0 Å². The van der Waals surface area contributed by atoms with E-state index in [1.54, 1.807) is 0 Å². The van der Waals surface area contributed by atoms with Crippen LogP contribution in [0.5, 0.6) is 0 Å². The van der Waals surface area contributed by atoms with Gasteiger partial charge in [0.15, 0.2) is 5.41 Å². The van der Waals surface area contributed by atoms with Gasteiger partial charge in [-0.2, -0.15) is 0 Å². The minimum Gasteiger partial charge on any atom is -0.465 e. The molecule has 1 rings (SSSR count). The van der Waals surface area contributed by atoms with Gasteiger partial charge in [0.1, 0.15) is 0 Å². The van der Waals surface area contributed by atoms with E-state index < -0.39 is 5.41 Å². The van der Waals surface area contributed by atoms with E-state index in [2.05, 4.69) is 27.7 Å². The molecule has 1 aliphatic rings. The molecule has 0 aliphatic heterocycles. The van der Waals surface area contributed by atoms with Gasteiger partial charge in [0, 0.05) is 0 Å². The first-order chi connectivity index (χ1) is 17.9. The van der Waals surface area contributed by atoms with Gasteiger partial charge in [-0.05, 0) is 37.5 Å². The first-order valence-corrected chi connectivity index (χ1v) is 16.2. The van der Waals surface area contributed by atoms with Crippen LogP contribution in [0, 0.1) is 17.3 Å². The van der Waals surface area contributed by atoms with Crippen LogP contribution in [-0.2, 0) is 19.1 Å². The molecular weight excluding hydrogens is 460 g/mol. The Hall–Kier alpha value is -1.06. The van der Waals surface area contributed by atoms with E-state index in [-0.39, 0.29) is 11.9 Å². The minimum absolute atomic E-state index is 0.336. The molecule has 1 fully saturated rings. The average Bonchev–Trinajstić information content (AvgIpc) is 3.36. The molecule has 0 atom stereocenters. The van der Waals surface area contributed by atoms with Crippen LogP contribution in [0.4, 0.5) is 0 Å². The molecule has 1 saturated carbocycles. The van der Waals surface area contributed by atoms with Crippen LogP contribution in [0.1, 0.15) is 169 Å². The third-order valence-electron chi connectivity index (χ3n) is 8.06. The zero-order valence-electron chi connectivity index (χ0n) is 25.3. The van der Waals surface area contributed by atoms with Crippen molar-refractivity contribution in [3.05, 3.63) is 0 Å². The second-order valence-corrected chi connectivity index (χ2v) is 12.6. The molecule has 4 nitrogen and oxygen atoms in total. The van der Waals surface area contributed by atoms with Crippen molar-refractivity contribution in [1.29, 1.82) is 0 Å². The first kappa shape index (κ1) is 34.0. The number of hydrogen-bond donors (Lipinski definition) is 0. The van der Waals surface area contributed by atoms with Crippen molar-refractivity contribution in [2.75, 3.05) is 13.2 Å². The van der Waals surface area contributed by atoms with Crippen molar-refractivity contribution in [1.82, 2.24) is 0 Å². The van der Waals surface area contributed by atoms with Crippen LogP contribution >= 0.6 is 0 Å². The van der Waals surface area contributed by atoms with Gasteiger partial charge in [-0.25, -0.2) is 0 Å². The Morgan fingerprint density at radius 3 is 1.14 bits per heavy atom. The summed E-state index contributed by atoms with van der Waals surface area (Å²) in [6.07, 6.45) is 25.3. The second kappa shape index (κ2) is 21.8. The Bertz CT molecular complexity index is 519. The van der Waals surface area contributed by atoms with Gasteiger partial charge in [-0.15, -0.1) is 0 Å². The highest BCUT2D eigenvalue weighted by Gasteiger charge is 2.50. The molecule has 1 aliphatic carbocycles. The van der Waals surface area contributed by atoms with Gasteiger partial charge in [0.25, 0.3) is 0 Å². The normalized spacial score (nSPS) is 15.0. The van der Waals surface area contributed by atoms with Crippen LogP contribution in [0.15, 0.2) is 0 Å². The summed E-state index contributed by atoms with van der Waals surface area (Å²) in [4.78, 5) is 25.8. The predicted molar refractivity (Wildman–Crippen MR) is 156 cm³/mol. The molecular formula is C33H62O4. The first-order valence-electron chi connectivity index (χ1n) is 16.2. The van der Waals surface area contributed by atoms with E-state index in [1.807, 2.05) is 0 Å². The number of hydrogen-bond acceptors (Lipinski definition) is 4. The smallest absolute Gasteiger partial charge is 0.323 e. The van der Waals surface area contributed by atoms with E-state index in [4.69, 9.17) is 9.47 Å². The topological polar surface area (TPSA) is 52.6 Å². The third kappa shape index (κ3) is 16.5. The maximum absolute atomic E-state index is 12.9. The summed E-state index contributed by atoms with van der Waals surface area (Å²) in [7, 11) is 0. The molecule has 0 radical (unpaired) electrons.